The largest absolute Gasteiger partial charge is 0.503 e. The van der Waals surface area contributed by atoms with Crippen LogP contribution in [0.25, 0.3) is 0 Å². The number of primary amides is 1. The maximum atomic E-state index is 10.6. The number of hydrogen-bond donors (Lipinski definition) is 3. The Morgan fingerprint density at radius 2 is 1.79 bits per heavy atom. The van der Waals surface area contributed by atoms with E-state index in [0.717, 1.165) is 12.8 Å². The monoisotopic (exact) mass is 201 g/mol. The van der Waals surface area contributed by atoms with Gasteiger partial charge in [-0.25, -0.2) is 4.79 Å². The van der Waals surface area contributed by atoms with Gasteiger partial charge in [-0.1, -0.05) is 19.8 Å². The van der Waals surface area contributed by atoms with Crippen LogP contribution in [-0.2, 0) is 9.59 Å². The first-order valence-corrected chi connectivity index (χ1v) is 4.45. The fourth-order valence-electron chi connectivity index (χ4n) is 1.03. The number of amides is 1. The third-order valence-corrected chi connectivity index (χ3v) is 1.81. The molecule has 0 aliphatic rings. The number of nitrogens with two attached hydrogens (primary N) is 1. The lowest BCUT2D eigenvalue weighted by atomic mass is 10.1. The van der Waals surface area contributed by atoms with Crippen LogP contribution < -0.4 is 5.73 Å². The zero-order valence-electron chi connectivity index (χ0n) is 8.12. The highest BCUT2D eigenvalue weighted by molar-refractivity contribution is 5.99. The van der Waals surface area contributed by atoms with Crippen molar-refractivity contribution in [2.75, 3.05) is 0 Å². The van der Waals surface area contributed by atoms with Crippen LogP contribution in [0.15, 0.2) is 11.3 Å². The smallest absolute Gasteiger partial charge is 0.335 e. The van der Waals surface area contributed by atoms with Gasteiger partial charge in [0.25, 0.3) is 5.91 Å². The molecule has 4 N–H and O–H groups in total. The maximum Gasteiger partial charge on any atom is 0.335 e. The number of unbranched alkanes of at least 4 members (excludes halogenated alkanes) is 2. The van der Waals surface area contributed by atoms with Crippen LogP contribution in [-0.4, -0.2) is 22.1 Å². The predicted molar refractivity (Wildman–Crippen MR) is 50.6 cm³/mol. The molecule has 0 aromatic rings. The molecule has 0 aromatic heterocycles. The molecule has 0 saturated heterocycles. The minimum Gasteiger partial charge on any atom is -0.503 e. The van der Waals surface area contributed by atoms with Crippen LogP contribution in [0.3, 0.4) is 0 Å². The van der Waals surface area contributed by atoms with Gasteiger partial charge in [0.15, 0.2) is 5.76 Å². The number of aliphatic hydroxyl groups is 1. The van der Waals surface area contributed by atoms with E-state index < -0.39 is 17.6 Å². The number of hydrogen-bond acceptors (Lipinski definition) is 3. The van der Waals surface area contributed by atoms with Gasteiger partial charge in [0.2, 0.25) is 0 Å². The van der Waals surface area contributed by atoms with E-state index in [1.165, 1.54) is 0 Å². The molecule has 0 aliphatic heterocycles. The van der Waals surface area contributed by atoms with Gasteiger partial charge in [0, 0.05) is 0 Å². The number of carboxylic acids is 1. The second-order valence-corrected chi connectivity index (χ2v) is 2.95. The molecular formula is C9H15NO4. The first-order valence-electron chi connectivity index (χ1n) is 4.45. The Labute approximate surface area is 82.2 Å². The van der Waals surface area contributed by atoms with Crippen molar-refractivity contribution in [3.8, 4) is 0 Å². The molecule has 0 bridgehead atoms. The average Bonchev–Trinajstić information content (AvgIpc) is 2.10. The van der Waals surface area contributed by atoms with Gasteiger partial charge in [-0.2, -0.15) is 0 Å². The summed E-state index contributed by atoms with van der Waals surface area (Å²) in [6.07, 6.45) is 2.57. The van der Waals surface area contributed by atoms with Crippen LogP contribution >= 0.6 is 0 Å². The summed E-state index contributed by atoms with van der Waals surface area (Å²) in [6, 6.07) is 0. The van der Waals surface area contributed by atoms with Crippen molar-refractivity contribution in [1.29, 1.82) is 0 Å². The lowest BCUT2D eigenvalue weighted by Gasteiger charge is -2.03. The highest BCUT2D eigenvalue weighted by Crippen LogP contribution is 2.12. The molecule has 0 atom stereocenters. The lowest BCUT2D eigenvalue weighted by Crippen LogP contribution is -2.18. The van der Waals surface area contributed by atoms with Crippen molar-refractivity contribution in [3.63, 3.8) is 0 Å². The van der Waals surface area contributed by atoms with Crippen LogP contribution in [0.5, 0.6) is 0 Å². The maximum absolute atomic E-state index is 10.6. The molecule has 5 nitrogen and oxygen atoms in total. The van der Waals surface area contributed by atoms with Crippen LogP contribution in [0.4, 0.5) is 0 Å². The highest BCUT2D eigenvalue weighted by atomic mass is 16.4. The summed E-state index contributed by atoms with van der Waals surface area (Å²) in [5, 5.41) is 17.7. The molecule has 5 heteroatoms. The standard InChI is InChI=1S/C9H15NO4/c1-2-3-4-5-6(9(13)14)7(11)8(10)12/h11H,2-5H2,1H3,(H2,10,12)(H,13,14)/b7-6+. The molecule has 0 spiro atoms. The zero-order valence-corrected chi connectivity index (χ0v) is 8.12. The van der Waals surface area contributed by atoms with Gasteiger partial charge in [-0.3, -0.25) is 4.79 Å². The molecule has 14 heavy (non-hydrogen) atoms. The molecule has 0 rings (SSSR count). The van der Waals surface area contributed by atoms with Crippen molar-refractivity contribution in [2.45, 2.75) is 32.6 Å². The number of aliphatic carboxylic acids is 1. The van der Waals surface area contributed by atoms with Gasteiger partial charge in [-0.15, -0.1) is 0 Å². The van der Waals surface area contributed by atoms with Gasteiger partial charge in [-0.05, 0) is 12.8 Å². The van der Waals surface area contributed by atoms with Crippen molar-refractivity contribution in [2.24, 2.45) is 5.73 Å². The summed E-state index contributed by atoms with van der Waals surface area (Å²) in [5.74, 6) is -3.23. The Balaban J connectivity index is 4.52. The molecule has 0 fully saturated rings. The normalized spacial score (nSPS) is 12.1. The fraction of sp³-hybridized carbons (Fsp3) is 0.556. The summed E-state index contributed by atoms with van der Waals surface area (Å²) >= 11 is 0. The molecule has 80 valence electrons. The summed E-state index contributed by atoms with van der Waals surface area (Å²) in [7, 11) is 0. The van der Waals surface area contributed by atoms with Crippen LogP contribution in [0.1, 0.15) is 32.6 Å². The number of aliphatic hydroxyl groups excluding tert-OH is 1. The molecule has 0 aliphatic carbocycles. The first kappa shape index (κ1) is 12.5. The second kappa shape index (κ2) is 6.01. The molecule has 0 radical (unpaired) electrons. The first-order chi connectivity index (χ1) is 6.50. The summed E-state index contributed by atoms with van der Waals surface area (Å²) < 4.78 is 0. The number of carbonyl (C=O) groups is 2. The van der Waals surface area contributed by atoms with E-state index in [1.807, 2.05) is 6.92 Å². The molecule has 0 heterocycles. The molecular weight excluding hydrogens is 186 g/mol. The Kier molecular flexibility index (Phi) is 5.36. The van der Waals surface area contributed by atoms with E-state index in [-0.39, 0.29) is 12.0 Å². The minimum absolute atomic E-state index is 0.165. The van der Waals surface area contributed by atoms with E-state index in [2.05, 4.69) is 0 Å². The Morgan fingerprint density at radius 1 is 1.21 bits per heavy atom. The number of carbonyl (C=O) groups excluding carboxylic acids is 1. The van der Waals surface area contributed by atoms with E-state index in [9.17, 15) is 9.59 Å². The van der Waals surface area contributed by atoms with E-state index in [1.54, 1.807) is 0 Å². The molecule has 0 unspecified atom stereocenters. The lowest BCUT2D eigenvalue weighted by molar-refractivity contribution is -0.133. The predicted octanol–water partition coefficient (Wildman–Crippen LogP) is 0.949. The minimum atomic E-state index is -1.29. The van der Waals surface area contributed by atoms with Gasteiger partial charge in [0.1, 0.15) is 0 Å². The molecule has 0 aromatic carbocycles. The zero-order chi connectivity index (χ0) is 11.1. The molecule has 0 saturated carbocycles. The topological polar surface area (TPSA) is 101 Å². The Morgan fingerprint density at radius 3 is 2.14 bits per heavy atom. The van der Waals surface area contributed by atoms with E-state index in [0.29, 0.717) is 6.42 Å². The second-order valence-electron chi connectivity index (χ2n) is 2.95. The van der Waals surface area contributed by atoms with Crippen molar-refractivity contribution in [3.05, 3.63) is 11.3 Å². The third-order valence-electron chi connectivity index (χ3n) is 1.81. The number of rotatable bonds is 6. The molecule has 1 amide bonds. The van der Waals surface area contributed by atoms with Crippen molar-refractivity contribution in [1.82, 2.24) is 0 Å². The summed E-state index contributed by atoms with van der Waals surface area (Å²) in [6.45, 7) is 1.97. The van der Waals surface area contributed by atoms with Crippen molar-refractivity contribution >= 4 is 11.9 Å². The fourth-order valence-corrected chi connectivity index (χ4v) is 1.03. The van der Waals surface area contributed by atoms with E-state index >= 15 is 0 Å². The Hall–Kier alpha value is -1.52. The summed E-state index contributed by atoms with van der Waals surface area (Å²) in [4.78, 5) is 21.1. The Bertz CT molecular complexity index is 258. The number of carboxylic acid groups (broad SMARTS) is 1. The summed E-state index contributed by atoms with van der Waals surface area (Å²) in [5.41, 5.74) is 4.47. The van der Waals surface area contributed by atoms with E-state index in [4.69, 9.17) is 15.9 Å². The SMILES string of the molecule is CCCCC/C(C(=O)O)=C(\O)C(N)=O. The highest BCUT2D eigenvalue weighted by Gasteiger charge is 2.17. The third kappa shape index (κ3) is 3.93. The average molecular weight is 201 g/mol. The van der Waals surface area contributed by atoms with Gasteiger partial charge in [0.05, 0.1) is 5.57 Å². The van der Waals surface area contributed by atoms with Crippen LogP contribution in [0, 0.1) is 0 Å². The van der Waals surface area contributed by atoms with Gasteiger partial charge < -0.3 is 15.9 Å². The van der Waals surface area contributed by atoms with Crippen LogP contribution in [0.2, 0.25) is 0 Å². The quantitative estimate of drug-likeness (QED) is 0.338. The van der Waals surface area contributed by atoms with Crippen molar-refractivity contribution < 1.29 is 19.8 Å². The van der Waals surface area contributed by atoms with Gasteiger partial charge >= 0.3 is 5.97 Å².